The largest absolute Gasteiger partial charge is 0.441 e. The van der Waals surface area contributed by atoms with Crippen molar-refractivity contribution >= 4 is 49.3 Å². The highest BCUT2D eigenvalue weighted by Gasteiger charge is 2.19. The van der Waals surface area contributed by atoms with Crippen molar-refractivity contribution in [3.8, 4) is 10.4 Å². The summed E-state index contributed by atoms with van der Waals surface area (Å²) in [6.07, 6.45) is -0.836. The molecule has 0 bridgehead atoms. The van der Waals surface area contributed by atoms with Crippen molar-refractivity contribution in [2.75, 3.05) is 5.32 Å². The van der Waals surface area contributed by atoms with Crippen LogP contribution in [0.2, 0.25) is 0 Å². The van der Waals surface area contributed by atoms with Crippen LogP contribution in [0.25, 0.3) is 20.7 Å². The second kappa shape index (κ2) is 8.35. The molecule has 2 aromatic heterocycles. The van der Waals surface area contributed by atoms with Gasteiger partial charge in [0.15, 0.2) is 0 Å². The molecule has 0 aliphatic carbocycles. The fourth-order valence-corrected chi connectivity index (χ4v) is 4.53. The van der Waals surface area contributed by atoms with E-state index in [0.29, 0.717) is 0 Å². The van der Waals surface area contributed by atoms with E-state index >= 15 is 0 Å². The molecular formula is C23H19BrN2O2S. The molecule has 0 unspecified atom stereocenters. The zero-order valence-corrected chi connectivity index (χ0v) is 18.4. The van der Waals surface area contributed by atoms with Gasteiger partial charge in [-0.3, -0.25) is 5.32 Å². The molecule has 1 N–H and O–H groups in total. The minimum Gasteiger partial charge on any atom is -0.441 e. The maximum absolute atomic E-state index is 12.7. The molecule has 0 saturated carbocycles. The van der Waals surface area contributed by atoms with E-state index in [1.165, 1.54) is 0 Å². The molecule has 146 valence electrons. The maximum Gasteiger partial charge on any atom is 0.412 e. The summed E-state index contributed by atoms with van der Waals surface area (Å²) in [4.78, 5) is 19.2. The number of carbonyl (C=O) groups is 1. The first-order chi connectivity index (χ1) is 14.0. The summed E-state index contributed by atoms with van der Waals surface area (Å²) >= 11 is 5.03. The summed E-state index contributed by atoms with van der Waals surface area (Å²) in [6, 6.07) is 21.6. The number of thiophene rings is 1. The third-order valence-corrected chi connectivity index (χ3v) is 6.26. The Labute approximate surface area is 181 Å². The van der Waals surface area contributed by atoms with Gasteiger partial charge >= 0.3 is 6.09 Å². The Morgan fingerprint density at radius 2 is 1.79 bits per heavy atom. The van der Waals surface area contributed by atoms with Crippen molar-refractivity contribution in [1.82, 2.24) is 4.98 Å². The number of nitrogens with one attached hydrogen (secondary N) is 1. The van der Waals surface area contributed by atoms with Crippen LogP contribution in [0, 0.1) is 6.92 Å². The number of carbonyl (C=O) groups excluding carboxylic acids is 1. The van der Waals surface area contributed by atoms with Gasteiger partial charge in [-0.25, -0.2) is 9.78 Å². The molecule has 6 heteroatoms. The van der Waals surface area contributed by atoms with Crippen LogP contribution in [-0.2, 0) is 4.74 Å². The average molecular weight is 467 g/mol. The van der Waals surface area contributed by atoms with Gasteiger partial charge in [-0.1, -0.05) is 58.4 Å². The number of nitrogens with zero attached hydrogens (tertiary/aromatic N) is 1. The number of halogens is 1. The average Bonchev–Trinajstić information content (AvgIpc) is 3.06. The molecule has 1 amide bonds. The van der Waals surface area contributed by atoms with E-state index in [-0.39, 0.29) is 6.10 Å². The summed E-state index contributed by atoms with van der Waals surface area (Å²) in [5.74, 6) is 0. The minimum absolute atomic E-state index is 0.349. The van der Waals surface area contributed by atoms with Gasteiger partial charge in [0.25, 0.3) is 0 Å². The molecule has 0 fully saturated rings. The number of benzene rings is 2. The van der Waals surface area contributed by atoms with E-state index in [4.69, 9.17) is 4.74 Å². The second-order valence-corrected chi connectivity index (χ2v) is 8.62. The van der Waals surface area contributed by atoms with Gasteiger partial charge in [0.05, 0.1) is 10.6 Å². The monoisotopic (exact) mass is 466 g/mol. The Bertz CT molecular complexity index is 1160. The van der Waals surface area contributed by atoms with Gasteiger partial charge in [-0.05, 0) is 49.2 Å². The van der Waals surface area contributed by atoms with Crippen molar-refractivity contribution in [3.63, 3.8) is 0 Å². The van der Waals surface area contributed by atoms with Crippen molar-refractivity contribution in [2.45, 2.75) is 20.0 Å². The molecule has 4 rings (SSSR count). The third kappa shape index (κ3) is 4.33. The van der Waals surface area contributed by atoms with E-state index < -0.39 is 6.09 Å². The number of pyridine rings is 1. The van der Waals surface area contributed by atoms with Crippen LogP contribution < -0.4 is 5.32 Å². The van der Waals surface area contributed by atoms with Gasteiger partial charge in [0.2, 0.25) is 0 Å². The predicted octanol–water partition coefficient (Wildman–Crippen LogP) is 7.34. The second-order valence-electron chi connectivity index (χ2n) is 6.70. The van der Waals surface area contributed by atoms with Crippen LogP contribution in [0.4, 0.5) is 10.5 Å². The van der Waals surface area contributed by atoms with Crippen LogP contribution in [0.15, 0.2) is 71.2 Å². The fraction of sp³-hybridized carbons (Fsp3) is 0.130. The lowest BCUT2D eigenvalue weighted by Crippen LogP contribution is -2.16. The number of aryl methyl sites for hydroxylation is 1. The Kier molecular flexibility index (Phi) is 5.65. The standard InChI is InChI=1S/C23H19BrN2O2S/c1-14-8-13-19-20(26-23(27)28-15(2)16-6-4-3-5-7-16)21(29-22(19)25-14)17-9-11-18(24)12-10-17/h3-13,15H,1-2H3,(H,26,27)/t15-/m1/s1. The molecule has 1 atom stereocenters. The number of hydrogen-bond acceptors (Lipinski definition) is 4. The molecule has 2 aromatic carbocycles. The fourth-order valence-electron chi connectivity index (χ4n) is 3.08. The summed E-state index contributed by atoms with van der Waals surface area (Å²) in [5, 5.41) is 3.87. The minimum atomic E-state index is -0.486. The Balaban J connectivity index is 1.67. The molecule has 0 radical (unpaired) electrons. The molecule has 0 aliphatic heterocycles. The van der Waals surface area contributed by atoms with E-state index in [2.05, 4.69) is 26.2 Å². The predicted molar refractivity (Wildman–Crippen MR) is 122 cm³/mol. The molecule has 0 saturated heterocycles. The summed E-state index contributed by atoms with van der Waals surface area (Å²) < 4.78 is 6.62. The molecular weight excluding hydrogens is 448 g/mol. The number of amides is 1. The third-order valence-electron chi connectivity index (χ3n) is 4.58. The van der Waals surface area contributed by atoms with E-state index in [1.54, 1.807) is 11.3 Å². The first-order valence-corrected chi connectivity index (χ1v) is 10.8. The Hall–Kier alpha value is -2.70. The zero-order valence-electron chi connectivity index (χ0n) is 16.0. The summed E-state index contributed by atoms with van der Waals surface area (Å²) in [6.45, 7) is 3.82. The van der Waals surface area contributed by atoms with Gasteiger partial charge in [0.1, 0.15) is 10.9 Å². The van der Waals surface area contributed by atoms with Crippen LogP contribution >= 0.6 is 27.3 Å². The number of anilines is 1. The number of aromatic nitrogens is 1. The highest BCUT2D eigenvalue weighted by Crippen LogP contribution is 2.42. The SMILES string of the molecule is Cc1ccc2c(NC(=O)O[C@H](C)c3ccccc3)c(-c3ccc(Br)cc3)sc2n1. The van der Waals surface area contributed by atoms with E-state index in [0.717, 1.165) is 42.1 Å². The lowest BCUT2D eigenvalue weighted by molar-refractivity contribution is 0.121. The normalized spacial score (nSPS) is 12.0. The number of rotatable bonds is 4. The molecule has 2 heterocycles. The topological polar surface area (TPSA) is 51.2 Å². The first-order valence-electron chi connectivity index (χ1n) is 9.20. The van der Waals surface area contributed by atoms with Crippen molar-refractivity contribution < 1.29 is 9.53 Å². The van der Waals surface area contributed by atoms with Crippen LogP contribution in [0.1, 0.15) is 24.3 Å². The van der Waals surface area contributed by atoms with Crippen LogP contribution in [0.5, 0.6) is 0 Å². The molecule has 4 aromatic rings. The van der Waals surface area contributed by atoms with E-state index in [1.807, 2.05) is 80.6 Å². The zero-order chi connectivity index (χ0) is 20.4. The Morgan fingerprint density at radius 1 is 1.07 bits per heavy atom. The quantitative estimate of drug-likeness (QED) is 0.342. The lowest BCUT2D eigenvalue weighted by atomic mass is 10.1. The summed E-state index contributed by atoms with van der Waals surface area (Å²) in [5.41, 5.74) is 3.63. The van der Waals surface area contributed by atoms with Crippen molar-refractivity contribution in [1.29, 1.82) is 0 Å². The number of fused-ring (bicyclic) bond motifs is 1. The molecule has 4 nitrogen and oxygen atoms in total. The highest BCUT2D eigenvalue weighted by molar-refractivity contribution is 9.10. The molecule has 29 heavy (non-hydrogen) atoms. The van der Waals surface area contributed by atoms with Gasteiger partial charge < -0.3 is 4.74 Å². The number of hydrogen-bond donors (Lipinski definition) is 1. The van der Waals surface area contributed by atoms with Gasteiger partial charge in [0, 0.05) is 15.6 Å². The van der Waals surface area contributed by atoms with Crippen LogP contribution in [0.3, 0.4) is 0 Å². The van der Waals surface area contributed by atoms with Gasteiger partial charge in [-0.15, -0.1) is 11.3 Å². The lowest BCUT2D eigenvalue weighted by Gasteiger charge is -2.15. The smallest absolute Gasteiger partial charge is 0.412 e. The van der Waals surface area contributed by atoms with E-state index in [9.17, 15) is 4.79 Å². The molecule has 0 aliphatic rings. The number of ether oxygens (including phenoxy) is 1. The highest BCUT2D eigenvalue weighted by atomic mass is 79.9. The van der Waals surface area contributed by atoms with Gasteiger partial charge in [-0.2, -0.15) is 0 Å². The first kappa shape index (κ1) is 19.6. The van der Waals surface area contributed by atoms with Crippen molar-refractivity contribution in [2.24, 2.45) is 0 Å². The molecule has 0 spiro atoms. The van der Waals surface area contributed by atoms with Crippen LogP contribution in [-0.4, -0.2) is 11.1 Å². The van der Waals surface area contributed by atoms with Crippen molar-refractivity contribution in [3.05, 3.63) is 82.5 Å². The summed E-state index contributed by atoms with van der Waals surface area (Å²) in [7, 11) is 0. The maximum atomic E-state index is 12.7. The Morgan fingerprint density at radius 3 is 2.52 bits per heavy atom.